The van der Waals surface area contributed by atoms with Crippen molar-refractivity contribution < 1.29 is 0 Å². The maximum absolute atomic E-state index is 3.84. The van der Waals surface area contributed by atoms with E-state index in [0.29, 0.717) is 0 Å². The van der Waals surface area contributed by atoms with Gasteiger partial charge < -0.3 is 0 Å². The Hall–Kier alpha value is -1.04. The molecule has 0 N–H and O–H groups in total. The van der Waals surface area contributed by atoms with Crippen molar-refractivity contribution in [2.24, 2.45) is 0 Å². The summed E-state index contributed by atoms with van der Waals surface area (Å²) in [6.45, 7) is 9.59. The predicted octanol–water partition coefficient (Wildman–Crippen LogP) is 2.61. The molecule has 0 fully saturated rings. The highest BCUT2D eigenvalue weighted by molar-refractivity contribution is 5.55. The van der Waals surface area contributed by atoms with Crippen LogP contribution in [0.3, 0.4) is 0 Å². The quantitative estimate of drug-likeness (QED) is 0.496. The first-order chi connectivity index (χ1) is 4.25. The van der Waals surface area contributed by atoms with Gasteiger partial charge in [-0.05, 0) is 23.6 Å². The fourth-order valence-corrected chi connectivity index (χ4v) is 0.950. The van der Waals surface area contributed by atoms with E-state index in [9.17, 15) is 0 Å². The van der Waals surface area contributed by atoms with Gasteiger partial charge in [-0.3, -0.25) is 0 Å². The Balaban J connectivity index is 3.06. The van der Waals surface area contributed by atoms with Crippen molar-refractivity contribution in [2.75, 3.05) is 0 Å². The highest BCUT2D eigenvalue weighted by Gasteiger charge is 2.03. The Bertz CT molecular complexity index is 214. The van der Waals surface area contributed by atoms with Crippen LogP contribution in [0.25, 0.3) is 0 Å². The Kier molecular flexibility index (Phi) is 1.39. The number of hydrogen-bond donors (Lipinski definition) is 0. The Morgan fingerprint density at radius 3 is 2.33 bits per heavy atom. The summed E-state index contributed by atoms with van der Waals surface area (Å²) in [5.74, 6) is 0. The molecule has 0 unspecified atom stereocenters. The first-order valence-corrected chi connectivity index (χ1v) is 2.96. The Morgan fingerprint density at radius 1 is 1.44 bits per heavy atom. The van der Waals surface area contributed by atoms with Crippen LogP contribution < -0.4 is 0 Å². The third-order valence-electron chi connectivity index (χ3n) is 1.51. The van der Waals surface area contributed by atoms with Gasteiger partial charge in [0.2, 0.25) is 0 Å². The van der Waals surface area contributed by atoms with Gasteiger partial charge in [-0.1, -0.05) is 31.4 Å². The molecule has 0 saturated heterocycles. The molecule has 0 amide bonds. The summed E-state index contributed by atoms with van der Waals surface area (Å²) >= 11 is 0. The summed E-state index contributed by atoms with van der Waals surface area (Å²) in [7, 11) is 0. The molecule has 0 heteroatoms. The molecule has 0 saturated carbocycles. The molecule has 1 aliphatic rings. The standard InChI is InChI=1S/C9H10/c1-4-9-7(2)5-6-8(9)3/h4-6H,1-2H2,3H3. The van der Waals surface area contributed by atoms with E-state index in [2.05, 4.69) is 26.2 Å². The molecule has 1 aliphatic carbocycles. The Morgan fingerprint density at radius 2 is 2.11 bits per heavy atom. The lowest BCUT2D eigenvalue weighted by Crippen LogP contribution is -1.75. The van der Waals surface area contributed by atoms with E-state index >= 15 is 0 Å². The largest absolute Gasteiger partial charge is 0.0984 e. The van der Waals surface area contributed by atoms with E-state index in [4.69, 9.17) is 0 Å². The van der Waals surface area contributed by atoms with Crippen LogP contribution in [-0.2, 0) is 0 Å². The van der Waals surface area contributed by atoms with E-state index in [1.54, 1.807) is 0 Å². The summed E-state index contributed by atoms with van der Waals surface area (Å²) in [5.41, 5.74) is 3.51. The normalized spacial score (nSPS) is 17.2. The molecule has 0 atom stereocenters. The number of hydrogen-bond acceptors (Lipinski definition) is 0. The van der Waals surface area contributed by atoms with Crippen LogP contribution in [0.4, 0.5) is 0 Å². The SMILES string of the molecule is C=CC1=C(C)C=CC1=C. The molecule has 0 heterocycles. The first-order valence-electron chi connectivity index (χ1n) is 2.96. The van der Waals surface area contributed by atoms with Crippen molar-refractivity contribution in [1.82, 2.24) is 0 Å². The second-order valence-corrected chi connectivity index (χ2v) is 2.16. The lowest BCUT2D eigenvalue weighted by molar-refractivity contribution is 1.48. The highest BCUT2D eigenvalue weighted by Crippen LogP contribution is 2.22. The van der Waals surface area contributed by atoms with Gasteiger partial charge in [0.25, 0.3) is 0 Å². The maximum atomic E-state index is 3.84. The zero-order chi connectivity index (χ0) is 6.85. The second kappa shape index (κ2) is 2.06. The van der Waals surface area contributed by atoms with Gasteiger partial charge in [-0.2, -0.15) is 0 Å². The molecule has 9 heavy (non-hydrogen) atoms. The van der Waals surface area contributed by atoms with Crippen LogP contribution in [0.15, 0.2) is 48.1 Å². The minimum absolute atomic E-state index is 1.07. The predicted molar refractivity (Wildman–Crippen MR) is 41.2 cm³/mol. The Labute approximate surface area is 55.9 Å². The zero-order valence-corrected chi connectivity index (χ0v) is 5.65. The van der Waals surface area contributed by atoms with Crippen LogP contribution in [0.2, 0.25) is 0 Å². The van der Waals surface area contributed by atoms with E-state index in [1.807, 2.05) is 12.2 Å². The van der Waals surface area contributed by atoms with Gasteiger partial charge in [0.15, 0.2) is 0 Å². The molecule has 1 rings (SSSR count). The van der Waals surface area contributed by atoms with E-state index in [-0.39, 0.29) is 0 Å². The van der Waals surface area contributed by atoms with Crippen molar-refractivity contribution in [3.8, 4) is 0 Å². The van der Waals surface area contributed by atoms with E-state index in [1.165, 1.54) is 11.1 Å². The third-order valence-corrected chi connectivity index (χ3v) is 1.51. The highest BCUT2D eigenvalue weighted by atomic mass is 14.1. The summed E-state index contributed by atoms with van der Waals surface area (Å²) in [5, 5.41) is 0. The van der Waals surface area contributed by atoms with E-state index in [0.717, 1.165) is 5.57 Å². The minimum atomic E-state index is 1.07. The lowest BCUT2D eigenvalue weighted by Gasteiger charge is -1.94. The molecule has 0 aromatic rings. The van der Waals surface area contributed by atoms with Gasteiger partial charge in [-0.25, -0.2) is 0 Å². The van der Waals surface area contributed by atoms with Crippen molar-refractivity contribution >= 4 is 0 Å². The van der Waals surface area contributed by atoms with Crippen LogP contribution in [0, 0.1) is 0 Å². The fraction of sp³-hybridized carbons (Fsp3) is 0.111. The van der Waals surface area contributed by atoms with Crippen molar-refractivity contribution in [3.63, 3.8) is 0 Å². The van der Waals surface area contributed by atoms with Gasteiger partial charge in [0.05, 0.1) is 0 Å². The summed E-state index contributed by atoms with van der Waals surface area (Å²) in [6.07, 6.45) is 5.91. The van der Waals surface area contributed by atoms with Crippen molar-refractivity contribution in [2.45, 2.75) is 6.92 Å². The fourth-order valence-electron chi connectivity index (χ4n) is 0.950. The summed E-state index contributed by atoms with van der Waals surface area (Å²) < 4.78 is 0. The van der Waals surface area contributed by atoms with Gasteiger partial charge in [0.1, 0.15) is 0 Å². The zero-order valence-electron chi connectivity index (χ0n) is 5.65. The summed E-state index contributed by atoms with van der Waals surface area (Å²) in [6, 6.07) is 0. The van der Waals surface area contributed by atoms with Gasteiger partial charge in [0, 0.05) is 0 Å². The molecule has 0 bridgehead atoms. The molecule has 0 aliphatic heterocycles. The summed E-state index contributed by atoms with van der Waals surface area (Å²) in [4.78, 5) is 0. The minimum Gasteiger partial charge on any atom is -0.0984 e. The van der Waals surface area contributed by atoms with Crippen LogP contribution in [-0.4, -0.2) is 0 Å². The smallest absolute Gasteiger partial charge is 0.0167 e. The average Bonchev–Trinajstić information content (AvgIpc) is 2.12. The molecular weight excluding hydrogens is 108 g/mol. The second-order valence-electron chi connectivity index (χ2n) is 2.16. The molecule has 0 aromatic heterocycles. The van der Waals surface area contributed by atoms with Crippen molar-refractivity contribution in [1.29, 1.82) is 0 Å². The first kappa shape index (κ1) is 6.09. The van der Waals surface area contributed by atoms with Crippen molar-refractivity contribution in [3.05, 3.63) is 48.1 Å². The number of allylic oxidation sites excluding steroid dienone is 6. The maximum Gasteiger partial charge on any atom is -0.0167 e. The number of rotatable bonds is 1. The molecule has 0 spiro atoms. The average molecular weight is 118 g/mol. The molecule has 0 nitrogen and oxygen atoms in total. The molecule has 0 radical (unpaired) electrons. The van der Waals surface area contributed by atoms with Crippen LogP contribution in [0.5, 0.6) is 0 Å². The third kappa shape index (κ3) is 0.879. The van der Waals surface area contributed by atoms with Gasteiger partial charge in [-0.15, -0.1) is 0 Å². The molecular formula is C9H10. The van der Waals surface area contributed by atoms with Crippen LogP contribution in [0.1, 0.15) is 6.92 Å². The molecule has 0 aromatic carbocycles. The topological polar surface area (TPSA) is 0 Å². The lowest BCUT2D eigenvalue weighted by atomic mass is 10.1. The van der Waals surface area contributed by atoms with E-state index < -0.39 is 0 Å². The van der Waals surface area contributed by atoms with Crippen LogP contribution >= 0.6 is 0 Å². The van der Waals surface area contributed by atoms with Gasteiger partial charge >= 0.3 is 0 Å². The molecule has 46 valence electrons. The monoisotopic (exact) mass is 118 g/mol.